The monoisotopic (exact) mass is 363 g/mol. The van der Waals surface area contributed by atoms with Gasteiger partial charge in [0.25, 0.3) is 5.91 Å². The fourth-order valence-electron chi connectivity index (χ4n) is 4.14. The SMILES string of the molecule is Cc1c(C(=O)NC2CCCCCCC2C(=O)O)cnn1C1CCOCC1. The van der Waals surface area contributed by atoms with Gasteiger partial charge in [0.15, 0.2) is 0 Å². The lowest BCUT2D eigenvalue weighted by molar-refractivity contribution is -0.143. The third-order valence-electron chi connectivity index (χ3n) is 5.73. The number of carboxylic acids is 1. The largest absolute Gasteiger partial charge is 0.481 e. The second kappa shape index (κ2) is 8.66. The van der Waals surface area contributed by atoms with Gasteiger partial charge in [-0.3, -0.25) is 14.3 Å². The molecular weight excluding hydrogens is 334 g/mol. The van der Waals surface area contributed by atoms with Crippen molar-refractivity contribution in [1.82, 2.24) is 15.1 Å². The summed E-state index contributed by atoms with van der Waals surface area (Å²) in [7, 11) is 0. The Bertz CT molecular complexity index is 637. The van der Waals surface area contributed by atoms with Crippen LogP contribution in [0.25, 0.3) is 0 Å². The Kier molecular flexibility index (Phi) is 6.29. The number of aromatic nitrogens is 2. The summed E-state index contributed by atoms with van der Waals surface area (Å²) in [5, 5.41) is 17.0. The van der Waals surface area contributed by atoms with Crippen molar-refractivity contribution in [3.8, 4) is 0 Å². The molecule has 1 aromatic rings. The van der Waals surface area contributed by atoms with E-state index in [1.54, 1.807) is 6.20 Å². The maximum atomic E-state index is 12.8. The molecule has 2 aliphatic rings. The molecule has 7 nitrogen and oxygen atoms in total. The summed E-state index contributed by atoms with van der Waals surface area (Å²) in [4.78, 5) is 24.5. The van der Waals surface area contributed by atoms with E-state index in [-0.39, 0.29) is 18.0 Å². The van der Waals surface area contributed by atoms with Crippen molar-refractivity contribution < 1.29 is 19.4 Å². The standard InChI is InChI=1S/C19H29N3O4/c1-13-16(12-20-22(13)14-8-10-26-11-9-14)18(23)21-17-7-5-3-2-4-6-15(17)19(24)25/h12,14-15,17H,2-11H2,1H3,(H,21,23)(H,24,25). The van der Waals surface area contributed by atoms with Crippen molar-refractivity contribution in [2.24, 2.45) is 5.92 Å². The Morgan fingerprint density at radius 3 is 2.54 bits per heavy atom. The molecule has 1 aliphatic heterocycles. The van der Waals surface area contributed by atoms with Crippen LogP contribution in [0.5, 0.6) is 0 Å². The van der Waals surface area contributed by atoms with Crippen LogP contribution in [0.3, 0.4) is 0 Å². The fraction of sp³-hybridized carbons (Fsp3) is 0.737. The normalized spacial score (nSPS) is 25.3. The zero-order valence-electron chi connectivity index (χ0n) is 15.4. The van der Waals surface area contributed by atoms with Crippen LogP contribution >= 0.6 is 0 Å². The highest BCUT2D eigenvalue weighted by atomic mass is 16.5. The van der Waals surface area contributed by atoms with Crippen LogP contribution in [0.4, 0.5) is 0 Å². The van der Waals surface area contributed by atoms with Gasteiger partial charge < -0.3 is 15.2 Å². The van der Waals surface area contributed by atoms with E-state index in [1.807, 2.05) is 11.6 Å². The molecule has 2 atom stereocenters. The first kappa shape index (κ1) is 18.9. The highest BCUT2D eigenvalue weighted by Crippen LogP contribution is 2.25. The molecule has 2 unspecified atom stereocenters. The molecule has 2 heterocycles. The Labute approximate surface area is 154 Å². The van der Waals surface area contributed by atoms with E-state index >= 15 is 0 Å². The molecule has 1 saturated heterocycles. The van der Waals surface area contributed by atoms with E-state index in [0.29, 0.717) is 25.2 Å². The molecule has 26 heavy (non-hydrogen) atoms. The molecule has 1 aromatic heterocycles. The average Bonchev–Trinajstić information content (AvgIpc) is 2.99. The van der Waals surface area contributed by atoms with Gasteiger partial charge >= 0.3 is 5.97 Å². The number of amides is 1. The number of aliphatic carboxylic acids is 1. The zero-order valence-corrected chi connectivity index (χ0v) is 15.4. The van der Waals surface area contributed by atoms with E-state index in [1.165, 1.54) is 0 Å². The molecule has 0 spiro atoms. The molecular formula is C19H29N3O4. The number of nitrogens with one attached hydrogen (secondary N) is 1. The van der Waals surface area contributed by atoms with E-state index < -0.39 is 11.9 Å². The second-order valence-electron chi connectivity index (χ2n) is 7.45. The highest BCUT2D eigenvalue weighted by molar-refractivity contribution is 5.95. The Balaban J connectivity index is 1.71. The van der Waals surface area contributed by atoms with Crippen molar-refractivity contribution in [1.29, 1.82) is 0 Å². The smallest absolute Gasteiger partial charge is 0.308 e. The summed E-state index contributed by atoms with van der Waals surface area (Å²) in [6, 6.07) is -0.0513. The van der Waals surface area contributed by atoms with Crippen LogP contribution in [0.15, 0.2) is 6.20 Å². The first-order chi connectivity index (χ1) is 12.6. The van der Waals surface area contributed by atoms with Gasteiger partial charge in [-0.25, -0.2) is 0 Å². The number of hydrogen-bond donors (Lipinski definition) is 2. The Morgan fingerprint density at radius 1 is 1.15 bits per heavy atom. The quantitative estimate of drug-likeness (QED) is 0.858. The van der Waals surface area contributed by atoms with Gasteiger partial charge in [0.1, 0.15) is 0 Å². The van der Waals surface area contributed by atoms with E-state index in [2.05, 4.69) is 10.4 Å². The van der Waals surface area contributed by atoms with Crippen LogP contribution in [-0.2, 0) is 9.53 Å². The molecule has 7 heteroatoms. The van der Waals surface area contributed by atoms with Crippen molar-refractivity contribution in [2.45, 2.75) is 70.4 Å². The lowest BCUT2D eigenvalue weighted by atomic mass is 9.86. The van der Waals surface area contributed by atoms with Gasteiger partial charge in [-0.1, -0.05) is 25.7 Å². The minimum Gasteiger partial charge on any atom is -0.481 e. The van der Waals surface area contributed by atoms with E-state index in [9.17, 15) is 14.7 Å². The maximum absolute atomic E-state index is 12.8. The third-order valence-corrected chi connectivity index (χ3v) is 5.73. The first-order valence-electron chi connectivity index (χ1n) is 9.73. The van der Waals surface area contributed by atoms with Crippen LogP contribution in [-0.4, -0.2) is 46.0 Å². The van der Waals surface area contributed by atoms with Crippen LogP contribution in [0.1, 0.15) is 73.5 Å². The second-order valence-corrected chi connectivity index (χ2v) is 7.45. The van der Waals surface area contributed by atoms with Gasteiger partial charge in [0.2, 0.25) is 0 Å². The Morgan fingerprint density at radius 2 is 1.85 bits per heavy atom. The average molecular weight is 363 g/mol. The number of nitrogens with zero attached hydrogens (tertiary/aromatic N) is 2. The number of ether oxygens (including phenoxy) is 1. The molecule has 1 aliphatic carbocycles. The first-order valence-corrected chi connectivity index (χ1v) is 9.73. The molecule has 2 fully saturated rings. The molecule has 2 N–H and O–H groups in total. The van der Waals surface area contributed by atoms with Gasteiger partial charge in [-0.15, -0.1) is 0 Å². The predicted molar refractivity (Wildman–Crippen MR) is 96.1 cm³/mol. The van der Waals surface area contributed by atoms with Gasteiger partial charge in [-0.05, 0) is 32.6 Å². The molecule has 144 valence electrons. The van der Waals surface area contributed by atoms with Crippen LogP contribution in [0, 0.1) is 12.8 Å². The highest BCUT2D eigenvalue weighted by Gasteiger charge is 2.31. The molecule has 3 rings (SSSR count). The number of carboxylic acid groups (broad SMARTS) is 1. The minimum absolute atomic E-state index is 0.211. The van der Waals surface area contributed by atoms with E-state index in [0.717, 1.165) is 50.6 Å². The predicted octanol–water partition coefficient (Wildman–Crippen LogP) is 2.70. The maximum Gasteiger partial charge on any atom is 0.308 e. The van der Waals surface area contributed by atoms with Gasteiger partial charge in [0, 0.05) is 24.9 Å². The molecule has 1 saturated carbocycles. The third kappa shape index (κ3) is 4.26. The van der Waals surface area contributed by atoms with Crippen LogP contribution in [0.2, 0.25) is 0 Å². The Hall–Kier alpha value is -1.89. The summed E-state index contributed by atoms with van der Waals surface area (Å²) in [6.07, 6.45) is 8.77. The lowest BCUT2D eigenvalue weighted by Gasteiger charge is -2.27. The van der Waals surface area contributed by atoms with Crippen molar-refractivity contribution >= 4 is 11.9 Å². The van der Waals surface area contributed by atoms with Crippen molar-refractivity contribution in [3.63, 3.8) is 0 Å². The van der Waals surface area contributed by atoms with Gasteiger partial charge in [-0.2, -0.15) is 5.10 Å². The zero-order chi connectivity index (χ0) is 18.5. The summed E-state index contributed by atoms with van der Waals surface area (Å²) in [5.74, 6) is -1.53. The van der Waals surface area contributed by atoms with Crippen molar-refractivity contribution in [3.05, 3.63) is 17.5 Å². The minimum atomic E-state index is -0.813. The van der Waals surface area contributed by atoms with Crippen LogP contribution < -0.4 is 5.32 Å². The number of carbonyl (C=O) groups excluding carboxylic acids is 1. The van der Waals surface area contributed by atoms with Crippen molar-refractivity contribution in [2.75, 3.05) is 13.2 Å². The number of hydrogen-bond acceptors (Lipinski definition) is 4. The molecule has 0 bridgehead atoms. The molecule has 0 aromatic carbocycles. The summed E-state index contributed by atoms with van der Waals surface area (Å²) >= 11 is 0. The topological polar surface area (TPSA) is 93.5 Å². The summed E-state index contributed by atoms with van der Waals surface area (Å²) < 4.78 is 7.32. The summed E-state index contributed by atoms with van der Waals surface area (Å²) in [6.45, 7) is 3.34. The fourth-order valence-corrected chi connectivity index (χ4v) is 4.14. The number of rotatable bonds is 4. The molecule has 0 radical (unpaired) electrons. The van der Waals surface area contributed by atoms with E-state index in [4.69, 9.17) is 4.74 Å². The summed E-state index contributed by atoms with van der Waals surface area (Å²) in [5.41, 5.74) is 1.38. The molecule has 1 amide bonds. The van der Waals surface area contributed by atoms with Gasteiger partial charge in [0.05, 0.1) is 23.7 Å². The lowest BCUT2D eigenvalue weighted by Crippen LogP contribution is -2.44. The number of carbonyl (C=O) groups is 2.